The summed E-state index contributed by atoms with van der Waals surface area (Å²) in [5.74, 6) is 2.22. The van der Waals surface area contributed by atoms with Crippen molar-refractivity contribution in [2.45, 2.75) is 12.6 Å². The topological polar surface area (TPSA) is 63.8 Å². The maximum absolute atomic E-state index is 13.9. The van der Waals surface area contributed by atoms with Crippen LogP contribution in [0, 0.1) is 0 Å². The number of fused-ring (bicyclic) bond motifs is 3. The van der Waals surface area contributed by atoms with Crippen molar-refractivity contribution < 1.29 is 19.0 Å². The van der Waals surface area contributed by atoms with Crippen molar-refractivity contribution in [3.8, 4) is 28.5 Å². The van der Waals surface area contributed by atoms with E-state index >= 15 is 0 Å². The summed E-state index contributed by atoms with van der Waals surface area (Å²) in [5, 5.41) is 1.08. The first-order valence-electron chi connectivity index (χ1n) is 12.3. The van der Waals surface area contributed by atoms with Crippen molar-refractivity contribution in [3.05, 3.63) is 113 Å². The van der Waals surface area contributed by atoms with E-state index in [2.05, 4.69) is 29.2 Å². The van der Waals surface area contributed by atoms with E-state index in [0.717, 1.165) is 55.9 Å². The molecule has 0 saturated carbocycles. The Balaban J connectivity index is 1.44. The van der Waals surface area contributed by atoms with Crippen molar-refractivity contribution in [1.82, 2.24) is 9.88 Å². The highest BCUT2D eigenvalue weighted by atomic mass is 16.7. The van der Waals surface area contributed by atoms with E-state index in [9.17, 15) is 4.79 Å². The van der Waals surface area contributed by atoms with E-state index in [-0.39, 0.29) is 18.7 Å². The van der Waals surface area contributed by atoms with Gasteiger partial charge in [-0.1, -0.05) is 54.6 Å². The minimum atomic E-state index is -0.287. The van der Waals surface area contributed by atoms with Crippen LogP contribution in [0.15, 0.2) is 91.0 Å². The Morgan fingerprint density at radius 3 is 2.54 bits per heavy atom. The molecule has 6 nitrogen and oxygen atoms in total. The summed E-state index contributed by atoms with van der Waals surface area (Å²) in [5.41, 5.74) is 6.67. The molecule has 0 radical (unpaired) electrons. The molecule has 2 aliphatic rings. The van der Waals surface area contributed by atoms with Gasteiger partial charge in [0.25, 0.3) is 5.91 Å². The lowest BCUT2D eigenvalue weighted by atomic mass is 9.92. The van der Waals surface area contributed by atoms with Crippen LogP contribution in [0.5, 0.6) is 17.2 Å². The number of nitrogens with one attached hydrogen (secondary N) is 1. The summed E-state index contributed by atoms with van der Waals surface area (Å²) in [6.07, 6.45) is 0. The summed E-state index contributed by atoms with van der Waals surface area (Å²) in [4.78, 5) is 19.5. The van der Waals surface area contributed by atoms with Crippen molar-refractivity contribution in [1.29, 1.82) is 0 Å². The molecule has 7 rings (SSSR count). The van der Waals surface area contributed by atoms with Crippen LogP contribution in [0.1, 0.15) is 33.1 Å². The van der Waals surface area contributed by atoms with Crippen LogP contribution in [0.3, 0.4) is 0 Å². The monoisotopic (exact) mass is 488 g/mol. The van der Waals surface area contributed by atoms with Crippen LogP contribution in [0.4, 0.5) is 0 Å². The molecular formula is C31H24N2O4. The Bertz CT molecular complexity index is 1670. The van der Waals surface area contributed by atoms with Gasteiger partial charge >= 0.3 is 0 Å². The van der Waals surface area contributed by atoms with E-state index in [1.54, 1.807) is 7.11 Å². The van der Waals surface area contributed by atoms with Gasteiger partial charge in [0.1, 0.15) is 5.75 Å². The number of amides is 1. The van der Waals surface area contributed by atoms with E-state index in [1.165, 1.54) is 0 Å². The third kappa shape index (κ3) is 3.37. The first-order valence-corrected chi connectivity index (χ1v) is 12.3. The molecule has 1 N–H and O–H groups in total. The third-order valence-electron chi connectivity index (χ3n) is 7.24. The molecule has 0 saturated heterocycles. The third-order valence-corrected chi connectivity index (χ3v) is 7.24. The van der Waals surface area contributed by atoms with Gasteiger partial charge in [-0.3, -0.25) is 4.79 Å². The number of carbonyl (C=O) groups is 1. The molecule has 0 spiro atoms. The van der Waals surface area contributed by atoms with Crippen LogP contribution in [0.25, 0.3) is 22.2 Å². The largest absolute Gasteiger partial charge is 0.496 e. The Morgan fingerprint density at radius 1 is 0.892 bits per heavy atom. The molecule has 4 aromatic carbocycles. The van der Waals surface area contributed by atoms with E-state index < -0.39 is 0 Å². The fraction of sp³-hybridized carbons (Fsp3) is 0.129. The molecule has 0 bridgehead atoms. The van der Waals surface area contributed by atoms with Gasteiger partial charge in [-0.05, 0) is 47.5 Å². The zero-order chi connectivity index (χ0) is 24.9. The van der Waals surface area contributed by atoms with E-state index in [0.29, 0.717) is 12.3 Å². The summed E-state index contributed by atoms with van der Waals surface area (Å²) >= 11 is 0. The molecule has 182 valence electrons. The fourth-order valence-corrected chi connectivity index (χ4v) is 5.59. The summed E-state index contributed by atoms with van der Waals surface area (Å²) in [7, 11) is 1.68. The molecule has 2 aliphatic heterocycles. The van der Waals surface area contributed by atoms with Gasteiger partial charge in [-0.2, -0.15) is 0 Å². The van der Waals surface area contributed by atoms with Crippen molar-refractivity contribution in [3.63, 3.8) is 0 Å². The maximum Gasteiger partial charge on any atom is 0.255 e. The molecular weight excluding hydrogens is 464 g/mol. The number of aromatic amines is 1. The molecule has 0 aliphatic carbocycles. The second-order valence-corrected chi connectivity index (χ2v) is 9.27. The van der Waals surface area contributed by atoms with Crippen LogP contribution in [-0.2, 0) is 6.54 Å². The molecule has 6 heteroatoms. The van der Waals surface area contributed by atoms with Crippen LogP contribution < -0.4 is 14.2 Å². The summed E-state index contributed by atoms with van der Waals surface area (Å²) in [6.45, 7) is 0.646. The van der Waals surface area contributed by atoms with E-state index in [1.807, 2.05) is 71.6 Å². The highest BCUT2D eigenvalue weighted by Gasteiger charge is 2.40. The molecule has 5 aromatic rings. The molecule has 1 aromatic heterocycles. The standard InChI is InChI=1S/C31H24N2O4/c1-35-25-13-7-5-11-23(25)29-28(22-10-4-6-12-24(22)32-29)30-20-8-2-3-9-21(20)31(34)33(30)17-19-14-15-26-27(16-19)37-18-36-26/h2-16,30,32H,17-18H2,1H3. The van der Waals surface area contributed by atoms with Crippen molar-refractivity contribution >= 4 is 16.8 Å². The van der Waals surface area contributed by atoms with E-state index in [4.69, 9.17) is 14.2 Å². The van der Waals surface area contributed by atoms with Gasteiger partial charge in [-0.15, -0.1) is 0 Å². The Kier molecular flexibility index (Phi) is 4.92. The number of nitrogens with zero attached hydrogens (tertiary/aromatic N) is 1. The lowest BCUT2D eigenvalue weighted by Gasteiger charge is -2.27. The van der Waals surface area contributed by atoms with Crippen LogP contribution in [0.2, 0.25) is 0 Å². The lowest BCUT2D eigenvalue weighted by molar-refractivity contribution is 0.0737. The van der Waals surface area contributed by atoms with Gasteiger partial charge in [0.15, 0.2) is 11.5 Å². The summed E-state index contributed by atoms with van der Waals surface area (Å²) < 4.78 is 16.8. The Morgan fingerprint density at radius 2 is 1.65 bits per heavy atom. The zero-order valence-electron chi connectivity index (χ0n) is 20.2. The lowest BCUT2D eigenvalue weighted by Crippen LogP contribution is -2.28. The van der Waals surface area contributed by atoms with Gasteiger partial charge in [0.2, 0.25) is 6.79 Å². The second kappa shape index (κ2) is 8.45. The number of hydrogen-bond donors (Lipinski definition) is 1. The summed E-state index contributed by atoms with van der Waals surface area (Å²) in [6, 6.07) is 29.7. The molecule has 37 heavy (non-hydrogen) atoms. The second-order valence-electron chi connectivity index (χ2n) is 9.27. The predicted molar refractivity (Wildman–Crippen MR) is 141 cm³/mol. The van der Waals surface area contributed by atoms with Crippen LogP contribution in [-0.4, -0.2) is 29.7 Å². The molecule has 1 amide bonds. The molecule has 1 atom stereocenters. The first-order chi connectivity index (χ1) is 18.2. The number of aromatic nitrogens is 1. The zero-order valence-corrected chi connectivity index (χ0v) is 20.2. The van der Waals surface area contributed by atoms with Crippen molar-refractivity contribution in [2.24, 2.45) is 0 Å². The quantitative estimate of drug-likeness (QED) is 0.315. The Hall–Kier alpha value is -4.71. The molecule has 1 unspecified atom stereocenters. The van der Waals surface area contributed by atoms with Gasteiger partial charge < -0.3 is 24.1 Å². The van der Waals surface area contributed by atoms with Gasteiger partial charge in [-0.25, -0.2) is 0 Å². The minimum absolute atomic E-state index is 0.00882. The number of para-hydroxylation sites is 2. The number of rotatable bonds is 5. The normalized spacial score (nSPS) is 15.9. The predicted octanol–water partition coefficient (Wildman–Crippen LogP) is 6.32. The maximum atomic E-state index is 13.9. The number of H-pyrrole nitrogens is 1. The highest BCUT2D eigenvalue weighted by molar-refractivity contribution is 6.02. The van der Waals surface area contributed by atoms with Gasteiger partial charge in [0, 0.05) is 34.1 Å². The number of hydrogen-bond acceptors (Lipinski definition) is 4. The molecule has 3 heterocycles. The average Bonchev–Trinajstić information content (AvgIpc) is 3.63. The number of benzene rings is 4. The van der Waals surface area contributed by atoms with Crippen molar-refractivity contribution in [2.75, 3.05) is 13.9 Å². The van der Waals surface area contributed by atoms with Crippen LogP contribution >= 0.6 is 0 Å². The fourth-order valence-electron chi connectivity index (χ4n) is 5.59. The first kappa shape index (κ1) is 21.6. The highest BCUT2D eigenvalue weighted by Crippen LogP contribution is 2.47. The number of methoxy groups -OCH3 is 1. The number of carbonyl (C=O) groups excluding carboxylic acids is 1. The Labute approximate surface area is 214 Å². The van der Waals surface area contributed by atoms with Gasteiger partial charge in [0.05, 0.1) is 18.8 Å². The molecule has 0 fully saturated rings. The average molecular weight is 489 g/mol. The number of ether oxygens (including phenoxy) is 3. The smallest absolute Gasteiger partial charge is 0.255 e. The SMILES string of the molecule is COc1ccccc1-c1[nH]c2ccccc2c1C1c2ccccc2C(=O)N1Cc1ccc2c(c1)OCO2. The minimum Gasteiger partial charge on any atom is -0.496 e.